The molecular formula is C11H11ClFNO4S2. The van der Waals surface area contributed by atoms with Gasteiger partial charge in [0, 0.05) is 11.8 Å². The predicted molar refractivity (Wildman–Crippen MR) is 74.4 cm³/mol. The summed E-state index contributed by atoms with van der Waals surface area (Å²) in [4.78, 5) is 10.5. The molecule has 20 heavy (non-hydrogen) atoms. The van der Waals surface area contributed by atoms with Crippen LogP contribution >= 0.6 is 23.4 Å². The fourth-order valence-electron chi connectivity index (χ4n) is 1.79. The number of rotatable bonds is 4. The van der Waals surface area contributed by atoms with Crippen LogP contribution in [-0.4, -0.2) is 37.0 Å². The van der Waals surface area contributed by atoms with Crippen LogP contribution in [0.15, 0.2) is 17.0 Å². The summed E-state index contributed by atoms with van der Waals surface area (Å²) < 4.78 is 40.2. The Hall–Kier alpha value is -0.830. The summed E-state index contributed by atoms with van der Waals surface area (Å²) in [6, 6.07) is 1.36. The van der Waals surface area contributed by atoms with E-state index in [0.29, 0.717) is 12.2 Å². The van der Waals surface area contributed by atoms with Crippen molar-refractivity contribution in [2.24, 2.45) is 0 Å². The number of thioether (sulfide) groups is 1. The normalized spacial score (nSPS) is 19.2. The van der Waals surface area contributed by atoms with Gasteiger partial charge in [0.05, 0.1) is 15.5 Å². The topological polar surface area (TPSA) is 83.5 Å². The van der Waals surface area contributed by atoms with Gasteiger partial charge >= 0.3 is 5.97 Å². The van der Waals surface area contributed by atoms with Crippen LogP contribution in [0.3, 0.4) is 0 Å². The quantitative estimate of drug-likeness (QED) is 0.876. The second-order valence-electron chi connectivity index (χ2n) is 4.25. The maximum Gasteiger partial charge on any atom is 0.337 e. The second-order valence-corrected chi connectivity index (χ2v) is 7.50. The summed E-state index contributed by atoms with van der Waals surface area (Å²) in [5.74, 6) is -1.07. The van der Waals surface area contributed by atoms with Gasteiger partial charge in [-0.3, -0.25) is 0 Å². The van der Waals surface area contributed by atoms with E-state index in [1.807, 2.05) is 0 Å². The van der Waals surface area contributed by atoms with Gasteiger partial charge in [-0.1, -0.05) is 11.6 Å². The van der Waals surface area contributed by atoms with Gasteiger partial charge in [-0.2, -0.15) is 11.8 Å². The maximum atomic E-state index is 13.6. The highest BCUT2D eigenvalue weighted by Crippen LogP contribution is 2.25. The van der Waals surface area contributed by atoms with Gasteiger partial charge in [0.25, 0.3) is 0 Å². The standard InChI is InChI=1S/C11H11ClFNO4S2/c12-10-8(11(15)16)3-7(4-9(10)13)20(17,18)14-6-1-2-19-5-6/h3-4,6,14H,1-2,5H2,(H,15,16). The lowest BCUT2D eigenvalue weighted by molar-refractivity contribution is 0.0696. The lowest BCUT2D eigenvalue weighted by Gasteiger charge is -2.13. The molecule has 1 fully saturated rings. The van der Waals surface area contributed by atoms with Crippen molar-refractivity contribution >= 4 is 39.4 Å². The predicted octanol–water partition coefficient (Wildman–Crippen LogP) is 1.96. The van der Waals surface area contributed by atoms with Crippen LogP contribution in [-0.2, 0) is 10.0 Å². The molecule has 1 heterocycles. The molecular weight excluding hydrogens is 329 g/mol. The molecule has 0 spiro atoms. The maximum absolute atomic E-state index is 13.6. The summed E-state index contributed by atoms with van der Waals surface area (Å²) in [6.07, 6.45) is 0.686. The molecule has 2 N–H and O–H groups in total. The highest BCUT2D eigenvalue weighted by molar-refractivity contribution is 7.99. The minimum Gasteiger partial charge on any atom is -0.478 e. The first-order chi connectivity index (χ1) is 9.31. The van der Waals surface area contributed by atoms with Crippen molar-refractivity contribution in [2.75, 3.05) is 11.5 Å². The Bertz CT molecular complexity index is 644. The first kappa shape index (κ1) is 15.6. The van der Waals surface area contributed by atoms with Crippen LogP contribution in [0.5, 0.6) is 0 Å². The number of carboxylic acids is 1. The van der Waals surface area contributed by atoms with Gasteiger partial charge in [0.1, 0.15) is 5.82 Å². The Morgan fingerprint density at radius 2 is 2.20 bits per heavy atom. The summed E-state index contributed by atoms with van der Waals surface area (Å²) >= 11 is 7.12. The van der Waals surface area contributed by atoms with Crippen LogP contribution in [0.1, 0.15) is 16.8 Å². The van der Waals surface area contributed by atoms with E-state index in [4.69, 9.17) is 16.7 Å². The first-order valence-electron chi connectivity index (χ1n) is 5.63. The zero-order valence-electron chi connectivity index (χ0n) is 10.1. The van der Waals surface area contributed by atoms with E-state index in [-0.39, 0.29) is 6.04 Å². The number of nitrogens with one attached hydrogen (secondary N) is 1. The zero-order valence-corrected chi connectivity index (χ0v) is 12.5. The SMILES string of the molecule is O=C(O)c1cc(S(=O)(=O)NC2CCSC2)cc(F)c1Cl. The van der Waals surface area contributed by atoms with E-state index in [1.165, 1.54) is 0 Å². The molecule has 5 nitrogen and oxygen atoms in total. The minimum absolute atomic E-state index is 0.225. The van der Waals surface area contributed by atoms with Crippen molar-refractivity contribution in [3.8, 4) is 0 Å². The molecule has 1 atom stereocenters. The number of halogens is 2. The molecule has 1 saturated heterocycles. The third-order valence-electron chi connectivity index (χ3n) is 2.79. The third-order valence-corrected chi connectivity index (χ3v) is 5.84. The Morgan fingerprint density at radius 1 is 1.50 bits per heavy atom. The molecule has 0 aromatic heterocycles. The van der Waals surface area contributed by atoms with E-state index in [2.05, 4.69) is 4.72 Å². The number of hydrogen-bond acceptors (Lipinski definition) is 4. The molecule has 1 aromatic carbocycles. The number of benzene rings is 1. The summed E-state index contributed by atoms with van der Waals surface area (Å²) in [6.45, 7) is 0. The average Bonchev–Trinajstić information content (AvgIpc) is 2.83. The molecule has 1 aliphatic heterocycles. The van der Waals surface area contributed by atoms with Crippen LogP contribution in [0.4, 0.5) is 4.39 Å². The highest BCUT2D eigenvalue weighted by atomic mass is 35.5. The van der Waals surface area contributed by atoms with Gasteiger partial charge in [0.2, 0.25) is 10.0 Å². The van der Waals surface area contributed by atoms with E-state index in [9.17, 15) is 17.6 Å². The summed E-state index contributed by atoms with van der Waals surface area (Å²) in [5.41, 5.74) is -0.576. The number of carboxylic acid groups (broad SMARTS) is 1. The minimum atomic E-state index is -3.96. The van der Waals surface area contributed by atoms with Gasteiger partial charge < -0.3 is 5.11 Å². The number of hydrogen-bond donors (Lipinski definition) is 2. The van der Waals surface area contributed by atoms with Crippen molar-refractivity contribution in [3.63, 3.8) is 0 Å². The molecule has 110 valence electrons. The third kappa shape index (κ3) is 3.25. The lowest BCUT2D eigenvalue weighted by Crippen LogP contribution is -2.34. The van der Waals surface area contributed by atoms with Crippen molar-refractivity contribution in [1.29, 1.82) is 0 Å². The Kier molecular flexibility index (Phi) is 4.58. The van der Waals surface area contributed by atoms with E-state index < -0.39 is 37.3 Å². The van der Waals surface area contributed by atoms with Gasteiger partial charge in [-0.25, -0.2) is 22.3 Å². The van der Waals surface area contributed by atoms with Crippen LogP contribution in [0.25, 0.3) is 0 Å². The fourth-order valence-corrected chi connectivity index (χ4v) is 4.55. The Balaban J connectivity index is 2.38. The summed E-state index contributed by atoms with van der Waals surface area (Å²) in [5, 5.41) is 8.29. The molecule has 1 aromatic rings. The van der Waals surface area contributed by atoms with Gasteiger partial charge in [-0.15, -0.1) is 0 Å². The summed E-state index contributed by atoms with van der Waals surface area (Å²) in [7, 11) is -3.96. The first-order valence-corrected chi connectivity index (χ1v) is 8.65. The molecule has 1 aliphatic rings. The number of carbonyl (C=O) groups is 1. The monoisotopic (exact) mass is 339 g/mol. The van der Waals surface area contributed by atoms with Crippen LogP contribution in [0.2, 0.25) is 5.02 Å². The molecule has 9 heteroatoms. The molecule has 0 bridgehead atoms. The second kappa shape index (κ2) is 5.88. The van der Waals surface area contributed by atoms with Crippen LogP contribution in [0, 0.1) is 5.82 Å². The average molecular weight is 340 g/mol. The Morgan fingerprint density at radius 3 is 2.75 bits per heavy atom. The van der Waals surface area contributed by atoms with Crippen molar-refractivity contribution < 1.29 is 22.7 Å². The van der Waals surface area contributed by atoms with E-state index in [1.54, 1.807) is 11.8 Å². The molecule has 0 aliphatic carbocycles. The Labute approximate surface area is 124 Å². The van der Waals surface area contributed by atoms with Gasteiger partial charge in [-0.05, 0) is 24.3 Å². The molecule has 0 radical (unpaired) electrons. The van der Waals surface area contributed by atoms with Crippen LogP contribution < -0.4 is 4.72 Å². The zero-order chi connectivity index (χ0) is 14.9. The fraction of sp³-hybridized carbons (Fsp3) is 0.364. The molecule has 0 saturated carbocycles. The van der Waals surface area contributed by atoms with E-state index in [0.717, 1.165) is 17.9 Å². The van der Waals surface area contributed by atoms with E-state index >= 15 is 0 Å². The number of sulfonamides is 1. The van der Waals surface area contributed by atoms with Crippen molar-refractivity contribution in [3.05, 3.63) is 28.5 Å². The largest absolute Gasteiger partial charge is 0.478 e. The van der Waals surface area contributed by atoms with Gasteiger partial charge in [0.15, 0.2) is 0 Å². The molecule has 1 unspecified atom stereocenters. The van der Waals surface area contributed by atoms with Crippen molar-refractivity contribution in [2.45, 2.75) is 17.4 Å². The highest BCUT2D eigenvalue weighted by Gasteiger charge is 2.26. The smallest absolute Gasteiger partial charge is 0.337 e. The lowest BCUT2D eigenvalue weighted by atomic mass is 10.2. The number of aromatic carboxylic acids is 1. The molecule has 2 rings (SSSR count). The van der Waals surface area contributed by atoms with Crippen molar-refractivity contribution in [1.82, 2.24) is 4.72 Å². The molecule has 0 amide bonds.